The molecule has 0 saturated carbocycles. The summed E-state index contributed by atoms with van der Waals surface area (Å²) in [7, 11) is 0. The summed E-state index contributed by atoms with van der Waals surface area (Å²) in [5, 5.41) is 18.6. The summed E-state index contributed by atoms with van der Waals surface area (Å²) in [6, 6.07) is 5.52. The smallest absolute Gasteiger partial charge is 0.258 e. The Hall–Kier alpha value is -1.96. The number of rotatable bonds is 4. The summed E-state index contributed by atoms with van der Waals surface area (Å²) >= 11 is 0. The van der Waals surface area contributed by atoms with Crippen molar-refractivity contribution in [3.63, 3.8) is 0 Å². The Morgan fingerprint density at radius 2 is 2.27 bits per heavy atom. The van der Waals surface area contributed by atoms with Gasteiger partial charge in [0.25, 0.3) is 5.69 Å². The number of unbranched alkanes of at least 4 members (excludes halogenated alkanes) is 1. The fourth-order valence-electron chi connectivity index (χ4n) is 1.21. The molecule has 0 bridgehead atoms. The predicted molar refractivity (Wildman–Crippen MR) is 51.6 cm³/mol. The van der Waals surface area contributed by atoms with Crippen LogP contribution < -0.4 is 0 Å². The molecule has 0 N–H and O–H groups in total. The molecular weight excluding hydrogens is 199 g/mol. The second-order valence-electron chi connectivity index (χ2n) is 3.04. The van der Waals surface area contributed by atoms with Crippen molar-refractivity contribution in [1.82, 2.24) is 0 Å². The highest BCUT2D eigenvalue weighted by molar-refractivity contribution is 5.34. The molecule has 0 spiro atoms. The number of hydrogen-bond donors (Lipinski definition) is 0. The third-order valence-electron chi connectivity index (χ3n) is 1.98. The first-order chi connectivity index (χ1) is 7.15. The second-order valence-corrected chi connectivity index (χ2v) is 3.04. The van der Waals surface area contributed by atoms with Gasteiger partial charge in [-0.2, -0.15) is 5.26 Å². The van der Waals surface area contributed by atoms with E-state index < -0.39 is 10.7 Å². The van der Waals surface area contributed by atoms with E-state index >= 15 is 0 Å². The summed E-state index contributed by atoms with van der Waals surface area (Å²) in [6.07, 6.45) is 1.35. The van der Waals surface area contributed by atoms with Crippen molar-refractivity contribution in [2.75, 3.05) is 0 Å². The van der Waals surface area contributed by atoms with E-state index in [4.69, 9.17) is 5.26 Å². The second kappa shape index (κ2) is 5.05. The number of benzene rings is 1. The van der Waals surface area contributed by atoms with Gasteiger partial charge in [0.2, 0.25) is 0 Å². The molecule has 0 aliphatic rings. The largest absolute Gasteiger partial charge is 0.272 e. The van der Waals surface area contributed by atoms with Crippen molar-refractivity contribution in [3.05, 3.63) is 39.7 Å². The van der Waals surface area contributed by atoms with Crippen molar-refractivity contribution in [2.24, 2.45) is 0 Å². The Labute approximate surface area is 86.1 Å². The van der Waals surface area contributed by atoms with E-state index in [-0.39, 0.29) is 5.69 Å². The van der Waals surface area contributed by atoms with Crippen LogP contribution in [0, 0.1) is 27.3 Å². The molecule has 78 valence electrons. The minimum Gasteiger partial charge on any atom is -0.258 e. The molecule has 0 atom stereocenters. The Bertz CT molecular complexity index is 412. The minimum absolute atomic E-state index is 0.253. The Balaban J connectivity index is 2.76. The van der Waals surface area contributed by atoms with Gasteiger partial charge in [-0.3, -0.25) is 10.1 Å². The number of nitrogens with zero attached hydrogens (tertiary/aromatic N) is 2. The average Bonchev–Trinajstić information content (AvgIpc) is 2.20. The molecule has 1 rings (SSSR count). The van der Waals surface area contributed by atoms with Crippen molar-refractivity contribution >= 4 is 5.69 Å². The van der Waals surface area contributed by atoms with Gasteiger partial charge in [-0.1, -0.05) is 0 Å². The number of nitriles is 1. The Morgan fingerprint density at radius 1 is 1.53 bits per heavy atom. The highest BCUT2D eigenvalue weighted by Gasteiger charge is 2.09. The van der Waals surface area contributed by atoms with Crippen molar-refractivity contribution in [1.29, 1.82) is 5.26 Å². The summed E-state index contributed by atoms with van der Waals surface area (Å²) in [6.45, 7) is 0. The highest BCUT2D eigenvalue weighted by Crippen LogP contribution is 2.17. The third-order valence-corrected chi connectivity index (χ3v) is 1.98. The topological polar surface area (TPSA) is 66.9 Å². The van der Waals surface area contributed by atoms with E-state index in [1.165, 1.54) is 12.1 Å². The molecule has 4 nitrogen and oxygen atoms in total. The maximum absolute atomic E-state index is 13.3. The third kappa shape index (κ3) is 3.02. The lowest BCUT2D eigenvalue weighted by Crippen LogP contribution is -1.94. The normalized spacial score (nSPS) is 9.60. The Morgan fingerprint density at radius 3 is 2.80 bits per heavy atom. The zero-order valence-corrected chi connectivity index (χ0v) is 7.94. The summed E-state index contributed by atoms with van der Waals surface area (Å²) < 4.78 is 13.3. The summed E-state index contributed by atoms with van der Waals surface area (Å²) in [5.41, 5.74) is 0.160. The zero-order chi connectivity index (χ0) is 11.3. The van der Waals surface area contributed by atoms with Crippen molar-refractivity contribution in [2.45, 2.75) is 19.3 Å². The number of hydrogen-bond acceptors (Lipinski definition) is 3. The van der Waals surface area contributed by atoms with E-state index in [1.807, 2.05) is 6.07 Å². The van der Waals surface area contributed by atoms with Crippen LogP contribution in [0.25, 0.3) is 0 Å². The van der Waals surface area contributed by atoms with Gasteiger partial charge in [-0.25, -0.2) is 4.39 Å². The lowest BCUT2D eigenvalue weighted by atomic mass is 10.1. The molecule has 0 fully saturated rings. The molecule has 0 aliphatic heterocycles. The molecule has 1 aromatic rings. The average molecular weight is 208 g/mol. The standard InChI is InChI=1S/C10H9FN2O2/c11-10-7-9(13(14)15)5-4-8(10)3-1-2-6-12/h4-5,7H,1-3H2. The van der Waals surface area contributed by atoms with E-state index in [0.29, 0.717) is 24.8 Å². The predicted octanol–water partition coefficient (Wildman–Crippen LogP) is 2.58. The molecule has 15 heavy (non-hydrogen) atoms. The maximum atomic E-state index is 13.3. The van der Waals surface area contributed by atoms with E-state index in [9.17, 15) is 14.5 Å². The lowest BCUT2D eigenvalue weighted by Gasteiger charge is -2.00. The van der Waals surface area contributed by atoms with E-state index in [2.05, 4.69) is 0 Å². The van der Waals surface area contributed by atoms with Crippen LogP contribution in [0.1, 0.15) is 18.4 Å². The SMILES string of the molecule is N#CCCCc1ccc([N+](=O)[O-])cc1F. The number of nitro groups is 1. The first-order valence-corrected chi connectivity index (χ1v) is 4.45. The van der Waals surface area contributed by atoms with Crippen LogP contribution in [0.4, 0.5) is 10.1 Å². The maximum Gasteiger partial charge on any atom is 0.272 e. The van der Waals surface area contributed by atoms with Gasteiger partial charge in [-0.15, -0.1) is 0 Å². The van der Waals surface area contributed by atoms with Gasteiger partial charge in [0, 0.05) is 12.5 Å². The van der Waals surface area contributed by atoms with Crippen LogP contribution in [0.2, 0.25) is 0 Å². The molecule has 0 aliphatic carbocycles. The molecule has 0 radical (unpaired) electrons. The van der Waals surface area contributed by atoms with Gasteiger partial charge < -0.3 is 0 Å². The Kier molecular flexibility index (Phi) is 3.75. The molecule has 0 saturated heterocycles. The summed E-state index contributed by atoms with van der Waals surface area (Å²) in [4.78, 5) is 9.68. The van der Waals surface area contributed by atoms with E-state index in [0.717, 1.165) is 6.07 Å². The van der Waals surface area contributed by atoms with Gasteiger partial charge in [0.15, 0.2) is 0 Å². The van der Waals surface area contributed by atoms with Gasteiger partial charge in [0.05, 0.1) is 17.1 Å². The monoisotopic (exact) mass is 208 g/mol. The fourth-order valence-corrected chi connectivity index (χ4v) is 1.21. The van der Waals surface area contributed by atoms with Crippen LogP contribution in [0.3, 0.4) is 0 Å². The van der Waals surface area contributed by atoms with Crippen LogP contribution in [0.15, 0.2) is 18.2 Å². The molecule has 1 aromatic carbocycles. The quantitative estimate of drug-likeness (QED) is 0.434. The molecule has 0 heterocycles. The first-order valence-electron chi connectivity index (χ1n) is 4.45. The summed E-state index contributed by atoms with van der Waals surface area (Å²) in [5.74, 6) is -0.581. The van der Waals surface area contributed by atoms with Crippen molar-refractivity contribution < 1.29 is 9.31 Å². The fraction of sp³-hybridized carbons (Fsp3) is 0.300. The first kappa shape index (κ1) is 11.1. The van der Waals surface area contributed by atoms with Gasteiger partial charge >= 0.3 is 0 Å². The van der Waals surface area contributed by atoms with Crippen LogP contribution in [-0.2, 0) is 6.42 Å². The number of nitro benzene ring substituents is 1. The van der Waals surface area contributed by atoms with Crippen LogP contribution in [-0.4, -0.2) is 4.92 Å². The number of aryl methyl sites for hydroxylation is 1. The van der Waals surface area contributed by atoms with Gasteiger partial charge in [0.1, 0.15) is 5.82 Å². The van der Waals surface area contributed by atoms with E-state index in [1.54, 1.807) is 0 Å². The minimum atomic E-state index is -0.637. The zero-order valence-electron chi connectivity index (χ0n) is 7.94. The van der Waals surface area contributed by atoms with Crippen molar-refractivity contribution in [3.8, 4) is 6.07 Å². The number of halogens is 1. The van der Waals surface area contributed by atoms with Crippen LogP contribution >= 0.6 is 0 Å². The lowest BCUT2D eigenvalue weighted by molar-refractivity contribution is -0.385. The molecule has 0 unspecified atom stereocenters. The molecule has 5 heteroatoms. The number of non-ortho nitro benzene ring substituents is 1. The molecule has 0 amide bonds. The molecule has 0 aromatic heterocycles. The van der Waals surface area contributed by atoms with Crippen LogP contribution in [0.5, 0.6) is 0 Å². The van der Waals surface area contributed by atoms with Gasteiger partial charge in [-0.05, 0) is 24.5 Å². The molecular formula is C10H9FN2O2. The highest BCUT2D eigenvalue weighted by atomic mass is 19.1.